The summed E-state index contributed by atoms with van der Waals surface area (Å²) >= 11 is 0. The van der Waals surface area contributed by atoms with Crippen LogP contribution in [0.5, 0.6) is 0 Å². The minimum atomic E-state index is -1.47. The highest BCUT2D eigenvalue weighted by atomic mass is 16.3. The first kappa shape index (κ1) is 76.4. The molecule has 0 unspecified atom stereocenters. The Hall–Kier alpha value is -7.36. The zero-order valence-electron chi connectivity index (χ0n) is 58.1. The van der Waals surface area contributed by atoms with E-state index in [0.29, 0.717) is 37.9 Å². The number of amides is 9. The molecule has 2 aromatic carbocycles. The Balaban J connectivity index is 1.59. The Morgan fingerprint density at radius 3 is 1.55 bits per heavy atom. The van der Waals surface area contributed by atoms with Crippen molar-refractivity contribution < 1.29 is 62.6 Å². The van der Waals surface area contributed by atoms with Crippen molar-refractivity contribution in [1.29, 1.82) is 0 Å². The van der Waals surface area contributed by atoms with Crippen molar-refractivity contribution in [3.8, 4) is 0 Å². The Morgan fingerprint density at radius 2 is 1.01 bits per heavy atom. The van der Waals surface area contributed by atoms with E-state index in [1.165, 1.54) is 90.6 Å². The van der Waals surface area contributed by atoms with Gasteiger partial charge in [0.2, 0.25) is 53.2 Å². The molecule has 3 aliphatic rings. The van der Waals surface area contributed by atoms with Gasteiger partial charge in [-0.1, -0.05) is 109 Å². The maximum absolute atomic E-state index is 15.4. The number of Topliss-reactive ketones (excluding diaryl/α,β-unsaturated/α-hetero) is 3. The molecule has 514 valence electrons. The third-order valence-corrected chi connectivity index (χ3v) is 19.0. The highest BCUT2D eigenvalue weighted by Gasteiger charge is 2.46. The van der Waals surface area contributed by atoms with Crippen LogP contribution in [0.1, 0.15) is 144 Å². The van der Waals surface area contributed by atoms with Gasteiger partial charge in [-0.2, -0.15) is 0 Å². The van der Waals surface area contributed by atoms with Crippen LogP contribution in [0.15, 0.2) is 60.7 Å². The van der Waals surface area contributed by atoms with E-state index in [9.17, 15) is 43.5 Å². The van der Waals surface area contributed by atoms with Crippen LogP contribution < -0.4 is 0 Å². The molecule has 0 radical (unpaired) electrons. The third-order valence-electron chi connectivity index (χ3n) is 19.0. The number of likely N-dealkylation sites (tertiary alicyclic amines) is 1. The highest BCUT2D eigenvalue weighted by molar-refractivity contribution is 6.05. The van der Waals surface area contributed by atoms with Gasteiger partial charge in [0.15, 0.2) is 11.6 Å². The van der Waals surface area contributed by atoms with Crippen LogP contribution in [0.25, 0.3) is 0 Å². The number of benzene rings is 2. The Kier molecular flexibility index (Phi) is 28.9. The molecule has 0 spiro atoms. The van der Waals surface area contributed by atoms with E-state index >= 15 is 19.2 Å². The summed E-state index contributed by atoms with van der Waals surface area (Å²) in [5.74, 6) is -11.1. The van der Waals surface area contributed by atoms with E-state index in [1.54, 1.807) is 49.9 Å². The van der Waals surface area contributed by atoms with Gasteiger partial charge in [-0.3, -0.25) is 57.5 Å². The number of aliphatic hydroxyl groups excluding tert-OH is 1. The van der Waals surface area contributed by atoms with Gasteiger partial charge in [-0.15, -0.1) is 0 Å². The topological polar surface area (TPSA) is 254 Å². The number of hydrogen-bond acceptors (Lipinski definition) is 13. The van der Waals surface area contributed by atoms with E-state index in [-0.39, 0.29) is 76.3 Å². The van der Waals surface area contributed by atoms with Gasteiger partial charge in [0.1, 0.15) is 35.9 Å². The van der Waals surface area contributed by atoms with Crippen LogP contribution in [0.4, 0.5) is 0 Å². The molecule has 3 fully saturated rings. The first-order valence-corrected chi connectivity index (χ1v) is 33.5. The van der Waals surface area contributed by atoms with Gasteiger partial charge >= 0.3 is 0 Å². The molecule has 0 saturated carbocycles. The molecule has 5 rings (SSSR count). The van der Waals surface area contributed by atoms with Gasteiger partial charge in [-0.05, 0) is 87.2 Å². The summed E-state index contributed by atoms with van der Waals surface area (Å²) in [7, 11) is 10.3. The van der Waals surface area contributed by atoms with Crippen molar-refractivity contribution in [2.45, 2.75) is 188 Å². The van der Waals surface area contributed by atoms with Crippen molar-refractivity contribution in [1.82, 2.24) is 44.1 Å². The third kappa shape index (κ3) is 20.3. The Labute approximate surface area is 552 Å². The number of likely N-dealkylation sites (N-methyl/N-ethyl adjacent to an activating group) is 6. The van der Waals surface area contributed by atoms with Gasteiger partial charge in [0.25, 0.3) is 0 Å². The van der Waals surface area contributed by atoms with Gasteiger partial charge in [0.05, 0.1) is 30.7 Å². The number of aliphatic hydroxyl groups is 1. The fourth-order valence-corrected chi connectivity index (χ4v) is 13.5. The number of nitrogens with zero attached hydrogens (tertiary/aromatic N) is 9. The maximum Gasteiger partial charge on any atom is 0.246 e. The fraction of sp³-hybridized carbons (Fsp3) is 0.662. The number of hydrogen-bond donors (Lipinski definition) is 1. The van der Waals surface area contributed by atoms with Crippen molar-refractivity contribution in [2.24, 2.45) is 35.5 Å². The number of ketones is 3. The van der Waals surface area contributed by atoms with E-state index < -0.39 is 156 Å². The lowest BCUT2D eigenvalue weighted by atomic mass is 9.89. The van der Waals surface area contributed by atoms with Gasteiger partial charge < -0.3 is 49.2 Å². The van der Waals surface area contributed by atoms with Crippen LogP contribution in [-0.4, -0.2) is 244 Å². The predicted molar refractivity (Wildman–Crippen MR) is 353 cm³/mol. The van der Waals surface area contributed by atoms with Crippen molar-refractivity contribution in [2.75, 3.05) is 82.1 Å². The molecular formula is C71H107N9O13. The first-order valence-electron chi connectivity index (χ1n) is 33.5. The van der Waals surface area contributed by atoms with Crippen LogP contribution in [0.3, 0.4) is 0 Å². The Bertz CT molecular complexity index is 2930. The normalized spacial score (nSPS) is 26.2. The lowest BCUT2D eigenvalue weighted by Gasteiger charge is -2.39. The second kappa shape index (κ2) is 35.2. The largest absolute Gasteiger partial charge is 0.393 e. The molecule has 10 atom stereocenters. The number of carbonyl (C=O) groups excluding carboxylic acids is 12. The SMILES string of the molecule is CC(C)C[C@H]1C(=O)C[C@@H](C)C(=O)N(C)[C@@H](Cc2ccccc2)C(=O)N2CCC[C@H]2C(=O)N(C)[C@@H](CC(C)C)C(=O)N(C)[C@@H](C(C)C)C(=O)C[C@H](C(=O)N2CCCCC2)C(=O)N(C)CCCC(=O)C[C@@H]([C@@H](C)O)C(=O)N(C)CC(=O)N(C)[C@@H](Cc2ccccc2)C(=O)N1C. The van der Waals surface area contributed by atoms with E-state index in [0.717, 1.165) is 16.9 Å². The van der Waals surface area contributed by atoms with Crippen LogP contribution in [0.2, 0.25) is 0 Å². The van der Waals surface area contributed by atoms with E-state index in [2.05, 4.69) is 0 Å². The quantitative estimate of drug-likeness (QED) is 0.285. The molecular weight excluding hydrogens is 1190 g/mol. The number of fused-ring (bicyclic) bond motifs is 1. The molecule has 3 heterocycles. The van der Waals surface area contributed by atoms with Crippen molar-refractivity contribution >= 4 is 70.5 Å². The first-order chi connectivity index (χ1) is 43.8. The molecule has 0 aromatic heterocycles. The van der Waals surface area contributed by atoms with Crippen LogP contribution in [-0.2, 0) is 70.4 Å². The summed E-state index contributed by atoms with van der Waals surface area (Å²) in [6.07, 6.45) is 0.810. The summed E-state index contributed by atoms with van der Waals surface area (Å²) in [5, 5.41) is 11.0. The Morgan fingerprint density at radius 1 is 0.495 bits per heavy atom. The number of carbonyl (C=O) groups is 12. The lowest BCUT2D eigenvalue weighted by Crippen LogP contribution is -2.59. The van der Waals surface area contributed by atoms with E-state index in [4.69, 9.17) is 0 Å². The highest BCUT2D eigenvalue weighted by Crippen LogP contribution is 2.29. The molecule has 0 bridgehead atoms. The minimum absolute atomic E-state index is 0.0180. The fourth-order valence-electron chi connectivity index (χ4n) is 13.5. The summed E-state index contributed by atoms with van der Waals surface area (Å²) < 4.78 is 0. The van der Waals surface area contributed by atoms with Crippen LogP contribution in [0, 0.1) is 35.5 Å². The second-order valence-corrected chi connectivity index (χ2v) is 27.7. The molecule has 9 amide bonds. The summed E-state index contributed by atoms with van der Waals surface area (Å²) in [4.78, 5) is 189. The smallest absolute Gasteiger partial charge is 0.246 e. The monoisotopic (exact) mass is 1290 g/mol. The lowest BCUT2D eigenvalue weighted by molar-refractivity contribution is -0.155. The zero-order valence-corrected chi connectivity index (χ0v) is 58.1. The maximum atomic E-state index is 15.4. The average Bonchev–Trinajstić information content (AvgIpc) is 1.82. The molecule has 22 nitrogen and oxygen atoms in total. The van der Waals surface area contributed by atoms with Crippen molar-refractivity contribution in [3.05, 3.63) is 71.8 Å². The molecule has 1 N–H and O–H groups in total. The predicted octanol–water partition coefficient (Wildman–Crippen LogP) is 5.20. The standard InChI is InChI=1S/C71H107N9O13/c1-45(2)37-56-60(83)39-48(7)64(86)76(13)59(41-51-29-21-17-22-30-51)71(93)80-36-26-32-55(80)68(90)77(14)57(38-46(3)4)70(92)78(15)63(47(5)6)61(84)43-54(67(89)79-34-23-18-24-35-79)66(88)72(9)33-25-31-52(82)42-53(49(8)81)65(87)73(10)44-62(85)74(11)58(69(91)75(56)12)40-50-27-19-16-20-28-50/h16-17,19-22,27-30,45-49,53-59,63,81H,18,23-26,31-44H2,1-15H3/t48-,49-,53+,54+,55+,56+,57+,58+,59+,63+/m1/s1. The molecule has 0 aliphatic carbocycles. The zero-order chi connectivity index (χ0) is 69.3. The minimum Gasteiger partial charge on any atom is -0.393 e. The molecule has 22 heteroatoms. The molecule has 3 aliphatic heterocycles. The molecule has 3 saturated heterocycles. The molecule has 2 aromatic rings. The van der Waals surface area contributed by atoms with Crippen LogP contribution >= 0.6 is 0 Å². The number of piperidine rings is 1. The van der Waals surface area contributed by atoms with Gasteiger partial charge in [-0.25, -0.2) is 0 Å². The number of rotatable bonds is 11. The van der Waals surface area contributed by atoms with Crippen molar-refractivity contribution in [3.63, 3.8) is 0 Å². The summed E-state index contributed by atoms with van der Waals surface area (Å²) in [5.41, 5.74) is 1.43. The molecule has 93 heavy (non-hydrogen) atoms. The summed E-state index contributed by atoms with van der Waals surface area (Å²) in [6.45, 7) is 14.5. The summed E-state index contributed by atoms with van der Waals surface area (Å²) in [6, 6.07) is 11.4. The van der Waals surface area contributed by atoms with E-state index in [1.807, 2.05) is 64.1 Å². The average molecular weight is 1290 g/mol. The van der Waals surface area contributed by atoms with Gasteiger partial charge in [0, 0.05) is 120 Å². The second-order valence-electron chi connectivity index (χ2n) is 27.7.